The molecule has 0 aliphatic rings. The van der Waals surface area contributed by atoms with Crippen molar-refractivity contribution >= 4 is 40.2 Å². The number of thiophene rings is 1. The smallest absolute Gasteiger partial charge is 0.413 e. The number of carbonyl (C=O) groups excluding carboxylic acids is 4. The van der Waals surface area contributed by atoms with E-state index in [-0.39, 0.29) is 22.0 Å². The summed E-state index contributed by atoms with van der Waals surface area (Å²) in [6.45, 7) is 5.14. The maximum atomic E-state index is 12.7. The molecule has 2 rings (SSSR count). The molecule has 0 saturated heterocycles. The second-order valence-electron chi connectivity index (χ2n) is 5.70. The number of aryl methyl sites for hydroxylation is 1. The number of amides is 3. The fourth-order valence-electron chi connectivity index (χ4n) is 2.47. The van der Waals surface area contributed by atoms with Crippen LogP contribution in [0, 0.1) is 13.8 Å². The highest BCUT2D eigenvalue weighted by molar-refractivity contribution is 7.18. The predicted molar refractivity (Wildman–Crippen MR) is 104 cm³/mol. The number of benzene rings is 1. The van der Waals surface area contributed by atoms with Gasteiger partial charge in [0.05, 0.1) is 19.3 Å². The number of hydrogen-bond donors (Lipinski definition) is 2. The first-order valence-electron chi connectivity index (χ1n) is 8.36. The normalized spacial score (nSPS) is 10.1. The van der Waals surface area contributed by atoms with Crippen LogP contribution in [-0.2, 0) is 9.47 Å². The van der Waals surface area contributed by atoms with E-state index in [2.05, 4.69) is 10.1 Å². The minimum atomic E-state index is -0.954. The summed E-state index contributed by atoms with van der Waals surface area (Å²) in [5.74, 6) is -1.85. The molecule has 0 bridgehead atoms. The number of esters is 1. The van der Waals surface area contributed by atoms with E-state index in [0.29, 0.717) is 11.1 Å². The monoisotopic (exact) mass is 404 g/mol. The van der Waals surface area contributed by atoms with Crippen molar-refractivity contribution in [3.05, 3.63) is 51.4 Å². The lowest BCUT2D eigenvalue weighted by atomic mass is 10.1. The fourth-order valence-corrected chi connectivity index (χ4v) is 3.56. The van der Waals surface area contributed by atoms with Crippen molar-refractivity contribution < 1.29 is 28.7 Å². The van der Waals surface area contributed by atoms with Gasteiger partial charge in [-0.3, -0.25) is 14.9 Å². The second-order valence-corrected chi connectivity index (χ2v) is 6.72. The van der Waals surface area contributed by atoms with Crippen LogP contribution in [0.4, 0.5) is 9.80 Å². The Morgan fingerprint density at radius 1 is 1.07 bits per heavy atom. The lowest BCUT2D eigenvalue weighted by Crippen LogP contribution is -2.31. The van der Waals surface area contributed by atoms with E-state index >= 15 is 0 Å². The number of alkyl carbamates (subject to hydrolysis) is 1. The van der Waals surface area contributed by atoms with Gasteiger partial charge in [-0.2, -0.15) is 0 Å². The van der Waals surface area contributed by atoms with Gasteiger partial charge in [0.25, 0.3) is 11.8 Å². The molecule has 0 radical (unpaired) electrons. The molecular weight excluding hydrogens is 384 g/mol. The maximum Gasteiger partial charge on any atom is 0.413 e. The Morgan fingerprint density at radius 3 is 2.36 bits per heavy atom. The molecule has 3 amide bonds. The van der Waals surface area contributed by atoms with E-state index in [9.17, 15) is 19.2 Å². The molecule has 1 aromatic carbocycles. The largest absolute Gasteiger partial charge is 0.462 e. The summed E-state index contributed by atoms with van der Waals surface area (Å²) in [6, 6.07) is 6.95. The van der Waals surface area contributed by atoms with Gasteiger partial charge in [0.2, 0.25) is 0 Å². The molecule has 1 heterocycles. The quantitative estimate of drug-likeness (QED) is 0.740. The summed E-state index contributed by atoms with van der Waals surface area (Å²) in [4.78, 5) is 49.0. The summed E-state index contributed by atoms with van der Waals surface area (Å²) >= 11 is 0.907. The van der Waals surface area contributed by atoms with Crippen molar-refractivity contribution in [3.8, 4) is 0 Å². The minimum absolute atomic E-state index is 0.000359. The van der Waals surface area contributed by atoms with Crippen LogP contribution in [-0.4, -0.2) is 37.6 Å². The fraction of sp³-hybridized carbons (Fsp3) is 0.263. The lowest BCUT2D eigenvalue weighted by molar-refractivity contribution is 0.0531. The van der Waals surface area contributed by atoms with Crippen LogP contribution in [0.5, 0.6) is 0 Å². The van der Waals surface area contributed by atoms with E-state index in [4.69, 9.17) is 4.74 Å². The Labute approximate surface area is 165 Å². The summed E-state index contributed by atoms with van der Waals surface area (Å²) < 4.78 is 9.44. The van der Waals surface area contributed by atoms with Crippen LogP contribution >= 0.6 is 11.3 Å². The number of imide groups is 1. The average molecular weight is 404 g/mol. The third-order valence-corrected chi connectivity index (χ3v) is 5.04. The first-order valence-corrected chi connectivity index (χ1v) is 9.18. The van der Waals surface area contributed by atoms with Crippen LogP contribution in [0.2, 0.25) is 0 Å². The molecule has 0 unspecified atom stereocenters. The van der Waals surface area contributed by atoms with Crippen LogP contribution in [0.3, 0.4) is 0 Å². The zero-order valence-electron chi connectivity index (χ0n) is 15.9. The Balaban J connectivity index is 2.45. The van der Waals surface area contributed by atoms with Crippen LogP contribution in [0.1, 0.15) is 48.4 Å². The number of anilines is 1. The molecule has 0 spiro atoms. The number of methoxy groups -OCH3 is 1. The zero-order chi connectivity index (χ0) is 20.8. The Hall–Kier alpha value is -3.20. The first-order chi connectivity index (χ1) is 13.3. The Kier molecular flexibility index (Phi) is 6.89. The van der Waals surface area contributed by atoms with Crippen LogP contribution in [0.25, 0.3) is 0 Å². The molecule has 2 aromatic rings. The van der Waals surface area contributed by atoms with Gasteiger partial charge in [0.15, 0.2) is 0 Å². The number of carbonyl (C=O) groups is 4. The van der Waals surface area contributed by atoms with E-state index in [0.717, 1.165) is 24.0 Å². The average Bonchev–Trinajstić information content (AvgIpc) is 2.98. The number of hydrogen-bond acceptors (Lipinski definition) is 7. The van der Waals surface area contributed by atoms with E-state index in [1.54, 1.807) is 45.0 Å². The van der Waals surface area contributed by atoms with Gasteiger partial charge in [-0.25, -0.2) is 9.59 Å². The van der Waals surface area contributed by atoms with Gasteiger partial charge in [0.1, 0.15) is 9.88 Å². The van der Waals surface area contributed by atoms with Crippen molar-refractivity contribution in [1.29, 1.82) is 0 Å². The minimum Gasteiger partial charge on any atom is -0.462 e. The molecule has 28 heavy (non-hydrogen) atoms. The second kappa shape index (κ2) is 9.14. The number of rotatable bonds is 5. The SMILES string of the molecule is CCOC(=O)c1sc(NC(=O)c2ccccc2C)c(C(=O)NC(=O)OC)c1C. The van der Waals surface area contributed by atoms with Gasteiger partial charge in [-0.15, -0.1) is 11.3 Å². The molecule has 0 aliphatic carbocycles. The topological polar surface area (TPSA) is 111 Å². The van der Waals surface area contributed by atoms with Gasteiger partial charge in [0, 0.05) is 5.56 Å². The number of ether oxygens (including phenoxy) is 2. The highest BCUT2D eigenvalue weighted by atomic mass is 32.1. The molecular formula is C19H20N2O6S. The van der Waals surface area contributed by atoms with Gasteiger partial charge in [-0.1, -0.05) is 18.2 Å². The molecule has 8 nitrogen and oxygen atoms in total. The van der Waals surface area contributed by atoms with Crippen molar-refractivity contribution in [2.75, 3.05) is 19.0 Å². The molecule has 0 aliphatic heterocycles. The van der Waals surface area contributed by atoms with Crippen LogP contribution in [0.15, 0.2) is 24.3 Å². The van der Waals surface area contributed by atoms with Crippen molar-refractivity contribution in [3.63, 3.8) is 0 Å². The van der Waals surface area contributed by atoms with Gasteiger partial charge in [-0.05, 0) is 38.0 Å². The molecule has 0 atom stereocenters. The summed E-state index contributed by atoms with van der Waals surface area (Å²) in [5, 5.41) is 4.83. The molecule has 2 N–H and O–H groups in total. The van der Waals surface area contributed by atoms with Gasteiger partial charge < -0.3 is 14.8 Å². The summed E-state index contributed by atoms with van der Waals surface area (Å²) in [6.07, 6.45) is -0.954. The first kappa shape index (κ1) is 21.1. The third kappa shape index (κ3) is 4.55. The predicted octanol–water partition coefficient (Wildman–Crippen LogP) is 3.29. The Morgan fingerprint density at radius 2 is 1.75 bits per heavy atom. The zero-order valence-corrected chi connectivity index (χ0v) is 16.7. The standard InChI is InChI=1S/C19H20N2O6S/c1-5-27-18(24)14-11(3)13(16(23)21-19(25)26-4)17(28-14)20-15(22)12-9-7-6-8-10(12)2/h6-9H,5H2,1-4H3,(H,20,22)(H,21,23,25). The third-order valence-electron chi connectivity index (χ3n) is 3.85. The Bertz CT molecular complexity index is 935. The molecule has 0 fully saturated rings. The van der Waals surface area contributed by atoms with Crippen molar-refractivity contribution in [2.24, 2.45) is 0 Å². The van der Waals surface area contributed by atoms with Crippen molar-refractivity contribution in [1.82, 2.24) is 5.32 Å². The van der Waals surface area contributed by atoms with Crippen molar-refractivity contribution in [2.45, 2.75) is 20.8 Å². The summed E-state index contributed by atoms with van der Waals surface area (Å²) in [7, 11) is 1.12. The molecule has 1 aromatic heterocycles. The van der Waals surface area contributed by atoms with E-state index in [1.165, 1.54) is 0 Å². The van der Waals surface area contributed by atoms with E-state index in [1.807, 2.05) is 5.32 Å². The highest BCUT2D eigenvalue weighted by Crippen LogP contribution is 2.34. The van der Waals surface area contributed by atoms with Crippen LogP contribution < -0.4 is 10.6 Å². The molecule has 148 valence electrons. The van der Waals surface area contributed by atoms with Gasteiger partial charge >= 0.3 is 12.1 Å². The van der Waals surface area contributed by atoms with E-state index < -0.39 is 23.9 Å². The highest BCUT2D eigenvalue weighted by Gasteiger charge is 2.27. The molecule has 9 heteroatoms. The molecule has 0 saturated carbocycles. The lowest BCUT2D eigenvalue weighted by Gasteiger charge is -2.09. The maximum absolute atomic E-state index is 12.7. The number of nitrogens with one attached hydrogen (secondary N) is 2. The summed E-state index contributed by atoms with van der Waals surface area (Å²) in [5.41, 5.74) is 1.47.